The third-order valence-electron chi connectivity index (χ3n) is 3.86. The van der Waals surface area contributed by atoms with Gasteiger partial charge in [0.15, 0.2) is 0 Å². The number of fused-ring (bicyclic) bond motifs is 1. The number of halogens is 4. The molecular formula is C16H13ClF3NO3. The number of aliphatic hydroxyl groups excluding tert-OH is 1. The summed E-state index contributed by atoms with van der Waals surface area (Å²) in [5.41, 5.74) is -3.04. The second-order valence-corrected chi connectivity index (χ2v) is 6.11. The molecule has 0 spiro atoms. The monoisotopic (exact) mass is 359 g/mol. The van der Waals surface area contributed by atoms with Crippen LogP contribution in [0.15, 0.2) is 12.1 Å². The van der Waals surface area contributed by atoms with Crippen molar-refractivity contribution >= 4 is 23.4 Å². The molecule has 0 saturated heterocycles. The average Bonchev–Trinajstić information content (AvgIpc) is 3.29. The number of alkyl halides is 3. The molecule has 128 valence electrons. The van der Waals surface area contributed by atoms with E-state index in [1.54, 1.807) is 0 Å². The van der Waals surface area contributed by atoms with Crippen LogP contribution in [0.3, 0.4) is 0 Å². The number of anilines is 1. The third-order valence-corrected chi connectivity index (χ3v) is 4.21. The van der Waals surface area contributed by atoms with E-state index < -0.39 is 17.9 Å². The fourth-order valence-electron chi connectivity index (χ4n) is 2.46. The molecule has 2 N–H and O–H groups in total. The Morgan fingerprint density at radius 3 is 2.71 bits per heavy atom. The molecule has 4 nitrogen and oxygen atoms in total. The van der Waals surface area contributed by atoms with Crippen molar-refractivity contribution < 1.29 is 27.8 Å². The first-order chi connectivity index (χ1) is 11.3. The van der Waals surface area contributed by atoms with E-state index in [9.17, 15) is 18.0 Å². The zero-order chi connectivity index (χ0) is 17.5. The maximum Gasteiger partial charge on any atom is 0.445 e. The van der Waals surface area contributed by atoms with E-state index in [-0.39, 0.29) is 35.2 Å². The summed E-state index contributed by atoms with van der Waals surface area (Å²) >= 11 is 6.03. The molecule has 0 bridgehead atoms. The normalized spacial score (nSPS) is 22.8. The fourth-order valence-corrected chi connectivity index (χ4v) is 2.72. The molecule has 8 heteroatoms. The molecule has 1 atom stereocenters. The van der Waals surface area contributed by atoms with E-state index >= 15 is 0 Å². The van der Waals surface area contributed by atoms with Crippen molar-refractivity contribution in [3.63, 3.8) is 0 Å². The predicted molar refractivity (Wildman–Crippen MR) is 80.6 cm³/mol. The Morgan fingerprint density at radius 1 is 1.42 bits per heavy atom. The number of rotatable bonds is 2. The summed E-state index contributed by atoms with van der Waals surface area (Å²) in [6.07, 6.45) is -4.55. The topological polar surface area (TPSA) is 58.6 Å². The Labute approximate surface area is 140 Å². The van der Waals surface area contributed by atoms with Crippen molar-refractivity contribution in [2.24, 2.45) is 5.92 Å². The van der Waals surface area contributed by atoms with E-state index in [0.717, 1.165) is 18.9 Å². The average molecular weight is 360 g/mol. The Bertz CT molecular complexity index is 749. The largest absolute Gasteiger partial charge is 0.445 e. The number of aliphatic hydroxyl groups is 1. The van der Waals surface area contributed by atoms with Crippen LogP contribution < -0.4 is 5.32 Å². The van der Waals surface area contributed by atoms with E-state index in [2.05, 4.69) is 21.9 Å². The van der Waals surface area contributed by atoms with Crippen molar-refractivity contribution in [2.75, 3.05) is 11.9 Å². The molecule has 1 amide bonds. The second-order valence-electron chi connectivity index (χ2n) is 5.70. The molecule has 1 saturated carbocycles. The maximum atomic E-state index is 13.8. The van der Waals surface area contributed by atoms with Crippen molar-refractivity contribution in [3.05, 3.63) is 28.3 Å². The van der Waals surface area contributed by atoms with Gasteiger partial charge in [-0.05, 0) is 42.9 Å². The van der Waals surface area contributed by atoms with Crippen LogP contribution in [0.4, 0.5) is 23.7 Å². The van der Waals surface area contributed by atoms with Crippen molar-refractivity contribution in [2.45, 2.75) is 31.0 Å². The molecule has 3 rings (SSSR count). The Balaban J connectivity index is 2.19. The number of hydrogen-bond donors (Lipinski definition) is 2. The lowest BCUT2D eigenvalue weighted by molar-refractivity contribution is -0.239. The van der Waals surface area contributed by atoms with Crippen molar-refractivity contribution in [1.29, 1.82) is 0 Å². The number of cyclic esters (lactones) is 1. The van der Waals surface area contributed by atoms with Gasteiger partial charge in [0.25, 0.3) is 5.60 Å². The molecule has 1 aliphatic carbocycles. The van der Waals surface area contributed by atoms with Gasteiger partial charge in [0, 0.05) is 23.1 Å². The van der Waals surface area contributed by atoms with E-state index in [1.807, 2.05) is 0 Å². The summed E-state index contributed by atoms with van der Waals surface area (Å²) in [7, 11) is 0. The highest BCUT2D eigenvalue weighted by atomic mass is 35.5. The smallest absolute Gasteiger partial charge is 0.415 e. The van der Waals surface area contributed by atoms with Gasteiger partial charge in [-0.2, -0.15) is 13.2 Å². The summed E-state index contributed by atoms with van der Waals surface area (Å²) in [5.74, 6) is 4.57. The molecule has 1 aromatic carbocycles. The standard InChI is InChI=1S/C16H13ClF3NO3/c17-12-8-11-13(7-10(12)4-6-22)21-14(23)24-15(11,16(18,19)20)5-3-9-1-2-9/h7-9,22H,1-2,4,6H2,(H,21,23)/t15-/m0/s1. The molecular weight excluding hydrogens is 347 g/mol. The lowest BCUT2D eigenvalue weighted by Gasteiger charge is -2.36. The number of nitrogens with one attached hydrogen (secondary N) is 1. The zero-order valence-corrected chi connectivity index (χ0v) is 13.1. The highest BCUT2D eigenvalue weighted by Gasteiger charge is 2.62. The number of ether oxygens (including phenoxy) is 1. The van der Waals surface area contributed by atoms with Gasteiger partial charge in [-0.25, -0.2) is 4.79 Å². The van der Waals surface area contributed by atoms with Crippen LogP contribution in [-0.2, 0) is 16.8 Å². The van der Waals surface area contributed by atoms with Crippen LogP contribution in [-0.4, -0.2) is 24.0 Å². The SMILES string of the molecule is O=C1Nc2cc(CCO)c(Cl)cc2[C@@](C#CC2CC2)(C(F)(F)F)O1. The van der Waals surface area contributed by atoms with E-state index in [1.165, 1.54) is 6.07 Å². The molecule has 0 unspecified atom stereocenters. The van der Waals surface area contributed by atoms with Gasteiger partial charge in [-0.1, -0.05) is 17.5 Å². The fraction of sp³-hybridized carbons (Fsp3) is 0.438. The molecule has 0 aromatic heterocycles. The molecule has 1 aliphatic heterocycles. The number of carbonyl (C=O) groups is 1. The molecule has 1 fully saturated rings. The first kappa shape index (κ1) is 16.9. The summed E-state index contributed by atoms with van der Waals surface area (Å²) in [6, 6.07) is 2.41. The van der Waals surface area contributed by atoms with Crippen LogP contribution in [0.1, 0.15) is 24.0 Å². The second kappa shape index (κ2) is 5.87. The van der Waals surface area contributed by atoms with Gasteiger partial charge >= 0.3 is 12.3 Å². The van der Waals surface area contributed by atoms with Gasteiger partial charge in [0.05, 0.1) is 5.69 Å². The van der Waals surface area contributed by atoms with Crippen LogP contribution >= 0.6 is 11.6 Å². The van der Waals surface area contributed by atoms with Gasteiger partial charge in [0.1, 0.15) is 0 Å². The Kier molecular flexibility index (Phi) is 4.14. The lowest BCUT2D eigenvalue weighted by atomic mass is 9.89. The molecule has 24 heavy (non-hydrogen) atoms. The van der Waals surface area contributed by atoms with Gasteiger partial charge in [0.2, 0.25) is 0 Å². The first-order valence-electron chi connectivity index (χ1n) is 7.30. The number of hydrogen-bond acceptors (Lipinski definition) is 3. The molecule has 1 aromatic rings. The minimum absolute atomic E-state index is 0.0457. The highest BCUT2D eigenvalue weighted by molar-refractivity contribution is 6.31. The van der Waals surface area contributed by atoms with E-state index in [4.69, 9.17) is 16.7 Å². The minimum Gasteiger partial charge on any atom is -0.415 e. The number of amides is 1. The first-order valence-corrected chi connectivity index (χ1v) is 7.68. The summed E-state index contributed by atoms with van der Waals surface area (Å²) in [5, 5.41) is 11.3. The molecule has 1 heterocycles. The van der Waals surface area contributed by atoms with Crippen LogP contribution in [0.5, 0.6) is 0 Å². The summed E-state index contributed by atoms with van der Waals surface area (Å²) in [4.78, 5) is 11.7. The van der Waals surface area contributed by atoms with Crippen LogP contribution in [0.25, 0.3) is 0 Å². The Morgan fingerprint density at radius 2 is 2.12 bits per heavy atom. The number of benzene rings is 1. The highest BCUT2D eigenvalue weighted by Crippen LogP contribution is 2.48. The molecule has 0 radical (unpaired) electrons. The van der Waals surface area contributed by atoms with Crippen molar-refractivity contribution in [1.82, 2.24) is 0 Å². The van der Waals surface area contributed by atoms with Gasteiger partial charge < -0.3 is 9.84 Å². The maximum absolute atomic E-state index is 13.8. The summed E-state index contributed by atoms with van der Waals surface area (Å²) in [6.45, 7) is -0.227. The Hall–Kier alpha value is -1.91. The summed E-state index contributed by atoms with van der Waals surface area (Å²) < 4.78 is 46.1. The minimum atomic E-state index is -4.93. The number of carbonyl (C=O) groups excluding carboxylic acids is 1. The van der Waals surface area contributed by atoms with Gasteiger partial charge in [-0.15, -0.1) is 0 Å². The quantitative estimate of drug-likeness (QED) is 0.793. The third kappa shape index (κ3) is 2.92. The predicted octanol–water partition coefficient (Wildman–Crippen LogP) is 3.61. The van der Waals surface area contributed by atoms with Crippen molar-refractivity contribution in [3.8, 4) is 11.8 Å². The molecule has 2 aliphatic rings. The van der Waals surface area contributed by atoms with Gasteiger partial charge in [-0.3, -0.25) is 5.32 Å². The van der Waals surface area contributed by atoms with Crippen LogP contribution in [0, 0.1) is 17.8 Å². The lowest BCUT2D eigenvalue weighted by Crippen LogP contribution is -2.49. The van der Waals surface area contributed by atoms with E-state index in [0.29, 0.717) is 5.56 Å². The zero-order valence-electron chi connectivity index (χ0n) is 12.3. The van der Waals surface area contributed by atoms with Crippen LogP contribution in [0.2, 0.25) is 5.02 Å².